The highest BCUT2D eigenvalue weighted by Gasteiger charge is 2.29. The van der Waals surface area contributed by atoms with Crippen molar-refractivity contribution in [3.05, 3.63) is 74.3 Å². The number of halogens is 1. The highest BCUT2D eigenvalue weighted by Crippen LogP contribution is 2.42. The van der Waals surface area contributed by atoms with E-state index in [-0.39, 0.29) is 11.4 Å². The SMILES string of the molecule is Cc1ccc(O)c(N2NN(C)c3cc(F)c(-n4c(=O)cc(C)n(C)c4=O)cc32)c1. The van der Waals surface area contributed by atoms with Crippen LogP contribution in [0.15, 0.2) is 46.0 Å². The molecule has 150 valence electrons. The van der Waals surface area contributed by atoms with E-state index in [1.165, 1.54) is 29.8 Å². The van der Waals surface area contributed by atoms with Gasteiger partial charge in [0, 0.05) is 31.9 Å². The summed E-state index contributed by atoms with van der Waals surface area (Å²) < 4.78 is 17.0. The Morgan fingerprint density at radius 2 is 1.66 bits per heavy atom. The van der Waals surface area contributed by atoms with E-state index in [1.807, 2.05) is 6.92 Å². The number of hydrogen-bond donors (Lipinski definition) is 2. The van der Waals surface area contributed by atoms with Crippen molar-refractivity contribution in [1.82, 2.24) is 14.7 Å². The average molecular weight is 397 g/mol. The smallest absolute Gasteiger partial charge is 0.335 e. The predicted octanol–water partition coefficient (Wildman–Crippen LogP) is 2.01. The zero-order valence-corrected chi connectivity index (χ0v) is 16.4. The molecular weight excluding hydrogens is 377 g/mol. The Balaban J connectivity index is 1.97. The van der Waals surface area contributed by atoms with Crippen molar-refractivity contribution in [3.8, 4) is 11.4 Å². The molecule has 2 N–H and O–H groups in total. The van der Waals surface area contributed by atoms with Crippen molar-refractivity contribution in [2.75, 3.05) is 17.1 Å². The molecule has 0 saturated carbocycles. The molecule has 2 aromatic carbocycles. The summed E-state index contributed by atoms with van der Waals surface area (Å²) in [6.45, 7) is 3.52. The highest BCUT2D eigenvalue weighted by atomic mass is 19.1. The summed E-state index contributed by atoms with van der Waals surface area (Å²) >= 11 is 0. The minimum Gasteiger partial charge on any atom is -0.506 e. The van der Waals surface area contributed by atoms with Crippen molar-refractivity contribution in [3.63, 3.8) is 0 Å². The van der Waals surface area contributed by atoms with Crippen molar-refractivity contribution in [2.24, 2.45) is 7.05 Å². The van der Waals surface area contributed by atoms with E-state index < -0.39 is 17.1 Å². The summed E-state index contributed by atoms with van der Waals surface area (Å²) in [6, 6.07) is 9.05. The first kappa shape index (κ1) is 18.8. The summed E-state index contributed by atoms with van der Waals surface area (Å²) in [4.78, 5) is 25.1. The Labute approximate surface area is 165 Å². The topological polar surface area (TPSA) is 82.7 Å². The van der Waals surface area contributed by atoms with Crippen LogP contribution in [0, 0.1) is 19.7 Å². The predicted molar refractivity (Wildman–Crippen MR) is 108 cm³/mol. The number of hydrazine groups is 2. The number of phenols is 1. The molecule has 2 heterocycles. The van der Waals surface area contributed by atoms with Gasteiger partial charge in [-0.05, 0) is 37.6 Å². The number of anilines is 3. The zero-order valence-electron chi connectivity index (χ0n) is 16.4. The van der Waals surface area contributed by atoms with Crippen LogP contribution in [0.25, 0.3) is 5.69 Å². The quantitative estimate of drug-likeness (QED) is 0.688. The summed E-state index contributed by atoms with van der Waals surface area (Å²) in [5.41, 5.74) is 4.43. The molecule has 1 aliphatic heterocycles. The lowest BCUT2D eigenvalue weighted by atomic mass is 10.1. The molecular formula is C20H20FN5O3. The molecule has 9 heteroatoms. The molecule has 0 aliphatic carbocycles. The van der Waals surface area contributed by atoms with Crippen LogP contribution in [0.3, 0.4) is 0 Å². The van der Waals surface area contributed by atoms with E-state index >= 15 is 0 Å². The molecule has 0 radical (unpaired) electrons. The fraction of sp³-hybridized carbons (Fsp3) is 0.200. The van der Waals surface area contributed by atoms with Crippen LogP contribution in [0.1, 0.15) is 11.3 Å². The highest BCUT2D eigenvalue weighted by molar-refractivity contribution is 5.84. The summed E-state index contributed by atoms with van der Waals surface area (Å²) in [7, 11) is 3.22. The van der Waals surface area contributed by atoms with Gasteiger partial charge in [-0.1, -0.05) is 6.07 Å². The first-order valence-corrected chi connectivity index (χ1v) is 8.92. The number of rotatable bonds is 2. The number of aryl methyl sites for hydroxylation is 2. The molecule has 1 aromatic heterocycles. The number of nitrogens with one attached hydrogen (secondary N) is 1. The Morgan fingerprint density at radius 3 is 2.38 bits per heavy atom. The summed E-state index contributed by atoms with van der Waals surface area (Å²) in [5, 5.41) is 13.5. The van der Waals surface area contributed by atoms with Gasteiger partial charge in [-0.3, -0.25) is 14.8 Å². The fourth-order valence-corrected chi connectivity index (χ4v) is 3.37. The number of phenolic OH excluding ortho intramolecular Hbond substituents is 1. The van der Waals surface area contributed by atoms with Crippen LogP contribution < -0.4 is 26.8 Å². The third-order valence-corrected chi connectivity index (χ3v) is 5.07. The third-order valence-electron chi connectivity index (χ3n) is 5.07. The summed E-state index contributed by atoms with van der Waals surface area (Å²) in [6.07, 6.45) is 0. The lowest BCUT2D eigenvalue weighted by molar-refractivity contribution is 0.474. The van der Waals surface area contributed by atoms with Gasteiger partial charge >= 0.3 is 5.69 Å². The number of hydrogen-bond acceptors (Lipinski definition) is 6. The van der Waals surface area contributed by atoms with E-state index in [1.54, 1.807) is 42.2 Å². The average Bonchev–Trinajstić information content (AvgIpc) is 2.97. The van der Waals surface area contributed by atoms with Crippen LogP contribution in [-0.4, -0.2) is 21.3 Å². The first-order valence-electron chi connectivity index (χ1n) is 8.92. The van der Waals surface area contributed by atoms with Gasteiger partial charge in [0.05, 0.1) is 17.1 Å². The van der Waals surface area contributed by atoms with Crippen molar-refractivity contribution in [1.29, 1.82) is 0 Å². The number of aromatic nitrogens is 2. The van der Waals surface area contributed by atoms with Crippen LogP contribution in [0.5, 0.6) is 5.75 Å². The minimum absolute atomic E-state index is 0.0265. The Bertz CT molecular complexity index is 1260. The fourth-order valence-electron chi connectivity index (χ4n) is 3.37. The summed E-state index contributed by atoms with van der Waals surface area (Å²) in [5.74, 6) is -0.686. The molecule has 0 fully saturated rings. The van der Waals surface area contributed by atoms with E-state index in [2.05, 4.69) is 5.53 Å². The zero-order chi connectivity index (χ0) is 21.0. The molecule has 0 bridgehead atoms. The van der Waals surface area contributed by atoms with Crippen molar-refractivity contribution < 1.29 is 9.50 Å². The van der Waals surface area contributed by atoms with Crippen molar-refractivity contribution >= 4 is 17.1 Å². The van der Waals surface area contributed by atoms with Gasteiger partial charge in [0.15, 0.2) is 0 Å². The second kappa shape index (κ2) is 6.49. The Morgan fingerprint density at radius 1 is 0.931 bits per heavy atom. The lowest BCUT2D eigenvalue weighted by Crippen LogP contribution is -2.39. The Hall–Kier alpha value is -3.59. The standard InChI is InChI=1S/C20H20FN5O3/c1-11-5-6-18(27)17(7-11)26-16-10-14(13(21)9-15(16)24(4)22-26)25-19(28)8-12(2)23(3)20(25)29/h5-10,22,27H,1-4H3. The number of benzene rings is 2. The number of aromatic hydroxyl groups is 1. The molecule has 4 rings (SSSR count). The van der Waals surface area contributed by atoms with Gasteiger partial charge in [0.25, 0.3) is 5.56 Å². The molecule has 8 nitrogen and oxygen atoms in total. The maximum Gasteiger partial charge on any atom is 0.335 e. The number of fused-ring (bicyclic) bond motifs is 1. The van der Waals surface area contributed by atoms with E-state index in [0.717, 1.165) is 10.1 Å². The van der Waals surface area contributed by atoms with Crippen molar-refractivity contribution in [2.45, 2.75) is 13.8 Å². The molecule has 0 spiro atoms. The van der Waals surface area contributed by atoms with Gasteiger partial charge in [0.1, 0.15) is 17.3 Å². The monoisotopic (exact) mass is 397 g/mol. The molecule has 0 amide bonds. The number of nitrogens with zero attached hydrogens (tertiary/aromatic N) is 4. The third kappa shape index (κ3) is 2.87. The van der Waals surface area contributed by atoms with Gasteiger partial charge in [-0.25, -0.2) is 13.8 Å². The molecule has 29 heavy (non-hydrogen) atoms. The minimum atomic E-state index is -0.712. The van der Waals surface area contributed by atoms with Gasteiger partial charge in [-0.15, -0.1) is 5.53 Å². The molecule has 0 unspecified atom stereocenters. The first-order chi connectivity index (χ1) is 13.7. The lowest BCUT2D eigenvalue weighted by Gasteiger charge is -2.21. The molecule has 3 aromatic rings. The maximum atomic E-state index is 14.9. The second-order valence-corrected chi connectivity index (χ2v) is 7.08. The van der Waals surface area contributed by atoms with E-state index in [4.69, 9.17) is 0 Å². The van der Waals surface area contributed by atoms with E-state index in [9.17, 15) is 19.1 Å². The van der Waals surface area contributed by atoms with Crippen LogP contribution in [0.4, 0.5) is 21.5 Å². The van der Waals surface area contributed by atoms with Crippen LogP contribution >= 0.6 is 0 Å². The van der Waals surface area contributed by atoms with Gasteiger partial charge in [-0.2, -0.15) is 0 Å². The van der Waals surface area contributed by atoms with Gasteiger partial charge in [0.2, 0.25) is 0 Å². The van der Waals surface area contributed by atoms with Gasteiger partial charge < -0.3 is 9.67 Å². The normalized spacial score (nSPS) is 13.1. The molecule has 0 atom stereocenters. The maximum absolute atomic E-state index is 14.9. The van der Waals surface area contributed by atoms with E-state index in [0.29, 0.717) is 22.8 Å². The Kier molecular flexibility index (Phi) is 4.20. The van der Waals surface area contributed by atoms with Crippen LogP contribution in [0.2, 0.25) is 0 Å². The second-order valence-electron chi connectivity index (χ2n) is 7.08. The largest absolute Gasteiger partial charge is 0.506 e. The van der Waals surface area contributed by atoms with Crippen LogP contribution in [-0.2, 0) is 7.05 Å². The molecule has 0 saturated heterocycles. The molecule has 1 aliphatic rings.